The Morgan fingerprint density at radius 3 is 2.38 bits per heavy atom. The van der Waals surface area contributed by atoms with Crippen LogP contribution in [0.4, 0.5) is 5.82 Å². The average Bonchev–Trinajstić information content (AvgIpc) is 2.62. The number of aromatic nitrogens is 2. The monoisotopic (exact) mass is 279 g/mol. The van der Waals surface area contributed by atoms with Gasteiger partial charge in [-0.05, 0) is 33.5 Å². The molecule has 0 saturated carbocycles. The van der Waals surface area contributed by atoms with Crippen LogP contribution in [-0.4, -0.2) is 9.78 Å². The number of nitrogen functional groups attached to an aromatic ring is 1. The minimum absolute atomic E-state index is 0.666. The molecule has 2 rings (SSSR count). The Morgan fingerprint density at radius 1 is 1.25 bits per heavy atom. The van der Waals surface area contributed by atoms with Gasteiger partial charge in [-0.1, -0.05) is 31.2 Å². The molecule has 2 N–H and O–H groups in total. The van der Waals surface area contributed by atoms with Gasteiger partial charge in [-0.25, -0.2) is 4.68 Å². The molecule has 84 valence electrons. The van der Waals surface area contributed by atoms with E-state index in [1.807, 2.05) is 0 Å². The zero-order valence-electron chi connectivity index (χ0n) is 9.15. The lowest BCUT2D eigenvalue weighted by Crippen LogP contribution is -2.05. The fourth-order valence-corrected chi connectivity index (χ4v) is 1.85. The van der Waals surface area contributed by atoms with E-state index in [1.54, 1.807) is 10.9 Å². The van der Waals surface area contributed by atoms with Crippen LogP contribution in [0.25, 0.3) is 0 Å². The summed E-state index contributed by atoms with van der Waals surface area (Å²) in [5.41, 5.74) is 8.41. The van der Waals surface area contributed by atoms with E-state index in [2.05, 4.69) is 52.2 Å². The number of hydrogen-bond acceptors (Lipinski definition) is 2. The van der Waals surface area contributed by atoms with E-state index in [0.29, 0.717) is 12.4 Å². The first-order chi connectivity index (χ1) is 7.70. The van der Waals surface area contributed by atoms with Crippen LogP contribution in [0, 0.1) is 0 Å². The minimum atomic E-state index is 0.666. The predicted molar refractivity (Wildman–Crippen MR) is 69.3 cm³/mol. The number of rotatable bonds is 3. The van der Waals surface area contributed by atoms with Gasteiger partial charge in [-0.2, -0.15) is 5.10 Å². The first-order valence-corrected chi connectivity index (χ1v) is 6.04. The quantitative estimate of drug-likeness (QED) is 0.939. The molecule has 1 aromatic carbocycles. The van der Waals surface area contributed by atoms with Crippen molar-refractivity contribution in [2.45, 2.75) is 19.9 Å². The number of nitrogens with zero attached hydrogens (tertiary/aromatic N) is 2. The van der Waals surface area contributed by atoms with Crippen LogP contribution in [0.2, 0.25) is 0 Å². The molecule has 1 heterocycles. The molecule has 0 fully saturated rings. The van der Waals surface area contributed by atoms with Crippen molar-refractivity contribution in [3.05, 3.63) is 46.1 Å². The summed E-state index contributed by atoms with van der Waals surface area (Å²) < 4.78 is 2.63. The third-order valence-corrected chi connectivity index (χ3v) is 3.21. The Balaban J connectivity index is 2.17. The van der Waals surface area contributed by atoms with Crippen molar-refractivity contribution in [2.75, 3.05) is 5.73 Å². The highest BCUT2D eigenvalue weighted by Gasteiger charge is 2.04. The Hall–Kier alpha value is -1.29. The molecule has 0 aliphatic rings. The summed E-state index contributed by atoms with van der Waals surface area (Å²) in [5, 5.41) is 4.20. The van der Waals surface area contributed by atoms with Crippen molar-refractivity contribution in [2.24, 2.45) is 0 Å². The Bertz CT molecular complexity index is 474. The summed E-state index contributed by atoms with van der Waals surface area (Å²) in [6.45, 7) is 2.86. The van der Waals surface area contributed by atoms with Crippen molar-refractivity contribution in [3.63, 3.8) is 0 Å². The zero-order valence-corrected chi connectivity index (χ0v) is 10.7. The predicted octanol–water partition coefficient (Wildman–Crippen LogP) is 2.84. The maximum Gasteiger partial charge on any atom is 0.136 e. The number of hydrogen-bond donors (Lipinski definition) is 1. The molecule has 0 atom stereocenters. The van der Waals surface area contributed by atoms with Crippen molar-refractivity contribution in [1.82, 2.24) is 9.78 Å². The number of benzene rings is 1. The van der Waals surface area contributed by atoms with Crippen molar-refractivity contribution < 1.29 is 0 Å². The molecule has 0 radical (unpaired) electrons. The van der Waals surface area contributed by atoms with E-state index in [9.17, 15) is 0 Å². The highest BCUT2D eigenvalue weighted by molar-refractivity contribution is 9.10. The first-order valence-electron chi connectivity index (χ1n) is 5.25. The second-order valence-corrected chi connectivity index (χ2v) is 4.56. The van der Waals surface area contributed by atoms with Crippen LogP contribution in [0.15, 0.2) is 34.9 Å². The molecule has 4 heteroatoms. The Morgan fingerprint density at radius 2 is 1.88 bits per heavy atom. The summed E-state index contributed by atoms with van der Waals surface area (Å²) in [7, 11) is 0. The van der Waals surface area contributed by atoms with E-state index in [4.69, 9.17) is 5.73 Å². The fraction of sp³-hybridized carbons (Fsp3) is 0.250. The van der Waals surface area contributed by atoms with Crippen molar-refractivity contribution in [3.8, 4) is 0 Å². The van der Waals surface area contributed by atoms with Crippen LogP contribution in [0.1, 0.15) is 18.1 Å². The standard InChI is InChI=1S/C12H14BrN3/c1-2-9-3-5-10(6-4-9)8-16-12(14)11(13)7-15-16/h3-7H,2,8,14H2,1H3. The summed E-state index contributed by atoms with van der Waals surface area (Å²) in [6.07, 6.45) is 2.78. The third-order valence-electron chi connectivity index (χ3n) is 2.60. The lowest BCUT2D eigenvalue weighted by molar-refractivity contribution is 0.697. The van der Waals surface area contributed by atoms with Gasteiger partial charge in [-0.3, -0.25) is 0 Å². The van der Waals surface area contributed by atoms with E-state index in [0.717, 1.165) is 10.9 Å². The molecule has 0 bridgehead atoms. The number of anilines is 1. The molecule has 0 aliphatic heterocycles. The molecule has 0 amide bonds. The number of halogens is 1. The van der Waals surface area contributed by atoms with Gasteiger partial charge < -0.3 is 5.73 Å². The van der Waals surface area contributed by atoms with E-state index < -0.39 is 0 Å². The summed E-state index contributed by atoms with van der Waals surface area (Å²) in [5.74, 6) is 0.666. The Labute approximate surface area is 103 Å². The van der Waals surface area contributed by atoms with Gasteiger partial charge in [0.25, 0.3) is 0 Å². The molecule has 3 nitrogen and oxygen atoms in total. The first kappa shape index (κ1) is 11.2. The van der Waals surface area contributed by atoms with Crippen molar-refractivity contribution in [1.29, 1.82) is 0 Å². The number of aryl methyl sites for hydroxylation is 1. The molecule has 16 heavy (non-hydrogen) atoms. The van der Waals surface area contributed by atoms with E-state index >= 15 is 0 Å². The van der Waals surface area contributed by atoms with Crippen LogP contribution < -0.4 is 5.73 Å². The van der Waals surface area contributed by atoms with Crippen LogP contribution >= 0.6 is 15.9 Å². The molecular formula is C12H14BrN3. The third kappa shape index (κ3) is 2.27. The van der Waals surface area contributed by atoms with Gasteiger partial charge in [0.2, 0.25) is 0 Å². The molecule has 1 aromatic heterocycles. The Kier molecular flexibility index (Phi) is 3.29. The van der Waals surface area contributed by atoms with Gasteiger partial charge in [0.1, 0.15) is 5.82 Å². The SMILES string of the molecule is CCc1ccc(Cn2ncc(Br)c2N)cc1. The second-order valence-electron chi connectivity index (χ2n) is 3.71. The highest BCUT2D eigenvalue weighted by atomic mass is 79.9. The van der Waals surface area contributed by atoms with Crippen LogP contribution in [-0.2, 0) is 13.0 Å². The fourth-order valence-electron chi connectivity index (χ4n) is 1.55. The van der Waals surface area contributed by atoms with Crippen LogP contribution in [0.3, 0.4) is 0 Å². The van der Waals surface area contributed by atoms with Crippen molar-refractivity contribution >= 4 is 21.7 Å². The lowest BCUT2D eigenvalue weighted by Gasteiger charge is -2.05. The largest absolute Gasteiger partial charge is 0.383 e. The molecular weight excluding hydrogens is 266 g/mol. The molecule has 0 saturated heterocycles. The lowest BCUT2D eigenvalue weighted by atomic mass is 10.1. The van der Waals surface area contributed by atoms with Gasteiger partial charge in [0.05, 0.1) is 17.2 Å². The second kappa shape index (κ2) is 4.70. The summed E-state index contributed by atoms with van der Waals surface area (Å²) >= 11 is 3.34. The zero-order chi connectivity index (χ0) is 11.5. The maximum atomic E-state index is 5.86. The molecule has 0 aliphatic carbocycles. The summed E-state index contributed by atoms with van der Waals surface area (Å²) in [4.78, 5) is 0. The van der Waals surface area contributed by atoms with Crippen LogP contribution in [0.5, 0.6) is 0 Å². The maximum absolute atomic E-state index is 5.86. The highest BCUT2D eigenvalue weighted by Crippen LogP contribution is 2.19. The van der Waals surface area contributed by atoms with Gasteiger partial charge in [0.15, 0.2) is 0 Å². The topological polar surface area (TPSA) is 43.8 Å². The minimum Gasteiger partial charge on any atom is -0.383 e. The smallest absolute Gasteiger partial charge is 0.136 e. The van der Waals surface area contributed by atoms with Gasteiger partial charge in [-0.15, -0.1) is 0 Å². The van der Waals surface area contributed by atoms with E-state index in [-0.39, 0.29) is 0 Å². The normalized spacial score (nSPS) is 10.6. The molecule has 0 spiro atoms. The molecule has 0 unspecified atom stereocenters. The van der Waals surface area contributed by atoms with E-state index in [1.165, 1.54) is 11.1 Å². The van der Waals surface area contributed by atoms with Gasteiger partial charge in [0, 0.05) is 0 Å². The number of nitrogens with two attached hydrogens (primary N) is 1. The average molecular weight is 280 g/mol. The van der Waals surface area contributed by atoms with Gasteiger partial charge >= 0.3 is 0 Å². The summed E-state index contributed by atoms with van der Waals surface area (Å²) in [6, 6.07) is 8.52. The molecule has 2 aromatic rings.